The number of sulfonamides is 1. The van der Waals surface area contributed by atoms with E-state index in [0.29, 0.717) is 12.1 Å². The van der Waals surface area contributed by atoms with Crippen molar-refractivity contribution in [3.63, 3.8) is 0 Å². The van der Waals surface area contributed by atoms with Crippen molar-refractivity contribution in [2.24, 2.45) is 0 Å². The molecule has 0 radical (unpaired) electrons. The second-order valence-electron chi connectivity index (χ2n) is 4.70. The summed E-state index contributed by atoms with van der Waals surface area (Å²) >= 11 is 0.845. The van der Waals surface area contributed by atoms with Gasteiger partial charge in [0.2, 0.25) is 0 Å². The molecule has 0 bridgehead atoms. The Morgan fingerprint density at radius 1 is 1.58 bits per heavy atom. The van der Waals surface area contributed by atoms with Crippen molar-refractivity contribution in [2.45, 2.75) is 43.4 Å². The van der Waals surface area contributed by atoms with Crippen LogP contribution < -0.4 is 0 Å². The van der Waals surface area contributed by atoms with Crippen LogP contribution in [0.4, 0.5) is 0 Å². The summed E-state index contributed by atoms with van der Waals surface area (Å²) in [5, 5.41) is 9.01. The normalized spacial score (nSPS) is 20.8. The molecular weight excluding hydrogens is 286 g/mol. The van der Waals surface area contributed by atoms with E-state index in [1.54, 1.807) is 6.92 Å². The van der Waals surface area contributed by atoms with E-state index >= 15 is 0 Å². The van der Waals surface area contributed by atoms with Crippen LogP contribution in [0, 0.1) is 6.92 Å². The van der Waals surface area contributed by atoms with Crippen molar-refractivity contribution in [1.82, 2.24) is 4.31 Å². The number of aromatic carboxylic acids is 1. The fourth-order valence-electron chi connectivity index (χ4n) is 2.44. The molecule has 1 N–H and O–H groups in total. The Morgan fingerprint density at radius 3 is 2.79 bits per heavy atom. The number of nitrogens with zero attached hydrogens (tertiary/aromatic N) is 1. The topological polar surface area (TPSA) is 74.7 Å². The van der Waals surface area contributed by atoms with Gasteiger partial charge in [-0.3, -0.25) is 0 Å². The molecule has 1 aliphatic rings. The van der Waals surface area contributed by atoms with E-state index in [4.69, 9.17) is 5.11 Å². The molecule has 7 heteroatoms. The zero-order valence-electron chi connectivity index (χ0n) is 10.9. The summed E-state index contributed by atoms with van der Waals surface area (Å²) < 4.78 is 26.7. The van der Waals surface area contributed by atoms with E-state index in [0.717, 1.165) is 30.6 Å². The molecule has 0 saturated carbocycles. The van der Waals surface area contributed by atoms with Gasteiger partial charge < -0.3 is 5.11 Å². The summed E-state index contributed by atoms with van der Waals surface area (Å²) in [6.07, 6.45) is 2.54. The first-order valence-electron chi connectivity index (χ1n) is 6.23. The molecule has 1 atom stereocenters. The van der Waals surface area contributed by atoms with Crippen molar-refractivity contribution >= 4 is 27.3 Å². The molecule has 2 rings (SSSR count). The minimum Gasteiger partial charge on any atom is -0.477 e. The summed E-state index contributed by atoms with van der Waals surface area (Å²) in [5.74, 6) is -1.07. The fraction of sp³-hybridized carbons (Fsp3) is 0.583. The number of carboxylic acid groups (broad SMARTS) is 1. The number of carboxylic acids is 1. The maximum absolute atomic E-state index is 12.5. The molecule has 0 aliphatic carbocycles. The van der Waals surface area contributed by atoms with Crippen LogP contribution in [-0.2, 0) is 10.0 Å². The summed E-state index contributed by atoms with van der Waals surface area (Å²) in [4.78, 5) is 11.1. The largest absolute Gasteiger partial charge is 0.477 e. The van der Waals surface area contributed by atoms with Gasteiger partial charge in [0, 0.05) is 12.6 Å². The van der Waals surface area contributed by atoms with Crippen LogP contribution in [0.25, 0.3) is 0 Å². The molecule has 5 nitrogen and oxygen atoms in total. The van der Waals surface area contributed by atoms with E-state index in [1.165, 1.54) is 10.4 Å². The number of hydrogen-bond donors (Lipinski definition) is 1. The molecule has 106 valence electrons. The summed E-state index contributed by atoms with van der Waals surface area (Å²) in [5.41, 5.74) is 0.503. The van der Waals surface area contributed by atoms with Gasteiger partial charge in [0.15, 0.2) is 0 Å². The van der Waals surface area contributed by atoms with Crippen LogP contribution in [0.5, 0.6) is 0 Å². The van der Waals surface area contributed by atoms with E-state index in [1.807, 2.05) is 6.92 Å². The smallest absolute Gasteiger partial charge is 0.346 e. The van der Waals surface area contributed by atoms with Crippen LogP contribution in [0.15, 0.2) is 10.3 Å². The summed E-state index contributed by atoms with van der Waals surface area (Å²) in [6.45, 7) is 4.13. The van der Waals surface area contributed by atoms with Crippen LogP contribution in [0.2, 0.25) is 0 Å². The average molecular weight is 303 g/mol. The Morgan fingerprint density at radius 2 is 2.26 bits per heavy atom. The Bertz CT molecular complexity index is 591. The van der Waals surface area contributed by atoms with Crippen LogP contribution in [0.1, 0.15) is 41.4 Å². The first-order chi connectivity index (χ1) is 8.87. The second-order valence-corrected chi connectivity index (χ2v) is 7.87. The van der Waals surface area contributed by atoms with Crippen molar-refractivity contribution in [2.75, 3.05) is 6.54 Å². The highest BCUT2D eigenvalue weighted by Crippen LogP contribution is 2.33. The lowest BCUT2D eigenvalue weighted by Gasteiger charge is -2.21. The maximum Gasteiger partial charge on any atom is 0.346 e. The monoisotopic (exact) mass is 303 g/mol. The predicted molar refractivity (Wildman–Crippen MR) is 73.2 cm³/mol. The first kappa shape index (κ1) is 14.5. The summed E-state index contributed by atoms with van der Waals surface area (Å²) in [7, 11) is -3.55. The zero-order chi connectivity index (χ0) is 14.2. The van der Waals surface area contributed by atoms with Gasteiger partial charge in [-0.15, -0.1) is 11.3 Å². The highest BCUT2D eigenvalue weighted by Gasteiger charge is 2.35. The second kappa shape index (κ2) is 5.22. The van der Waals surface area contributed by atoms with Crippen LogP contribution >= 0.6 is 11.3 Å². The molecule has 1 fully saturated rings. The van der Waals surface area contributed by atoms with Gasteiger partial charge in [-0.2, -0.15) is 4.31 Å². The van der Waals surface area contributed by atoms with Gasteiger partial charge in [-0.05, 0) is 37.8 Å². The van der Waals surface area contributed by atoms with E-state index in [9.17, 15) is 13.2 Å². The minimum atomic E-state index is -3.55. The third-order valence-electron chi connectivity index (χ3n) is 3.45. The molecule has 1 aromatic heterocycles. The lowest BCUT2D eigenvalue weighted by atomic mass is 10.2. The van der Waals surface area contributed by atoms with Gasteiger partial charge in [-0.25, -0.2) is 13.2 Å². The molecule has 0 aromatic carbocycles. The number of carbonyl (C=O) groups is 1. The highest BCUT2D eigenvalue weighted by atomic mass is 32.2. The van der Waals surface area contributed by atoms with Gasteiger partial charge in [0.05, 0.1) is 0 Å². The van der Waals surface area contributed by atoms with Crippen LogP contribution in [0.3, 0.4) is 0 Å². The maximum atomic E-state index is 12.5. The van der Waals surface area contributed by atoms with Crippen LogP contribution in [-0.4, -0.2) is 36.4 Å². The Kier molecular flexibility index (Phi) is 3.98. The molecule has 0 amide bonds. The number of thiophene rings is 1. The Labute approximate surface area is 116 Å². The van der Waals surface area contributed by atoms with Crippen molar-refractivity contribution in [3.8, 4) is 0 Å². The molecule has 0 spiro atoms. The van der Waals surface area contributed by atoms with Crippen molar-refractivity contribution in [1.29, 1.82) is 0 Å². The third kappa shape index (κ3) is 2.54. The first-order valence-corrected chi connectivity index (χ1v) is 8.49. The molecule has 1 saturated heterocycles. The Balaban J connectivity index is 2.40. The Hall–Kier alpha value is -0.920. The van der Waals surface area contributed by atoms with E-state index in [2.05, 4.69) is 0 Å². The number of hydrogen-bond acceptors (Lipinski definition) is 4. The van der Waals surface area contributed by atoms with E-state index < -0.39 is 16.0 Å². The quantitative estimate of drug-likeness (QED) is 0.926. The van der Waals surface area contributed by atoms with Crippen molar-refractivity contribution < 1.29 is 18.3 Å². The standard InChI is InChI=1S/C12H17NO4S2/c1-3-9-5-4-6-13(9)19(16,17)10-7-8(2)11(18-10)12(14)15/h7,9H,3-6H2,1-2H3,(H,14,15). The third-order valence-corrected chi connectivity index (χ3v) is 7.07. The average Bonchev–Trinajstić information content (AvgIpc) is 2.94. The highest BCUT2D eigenvalue weighted by molar-refractivity contribution is 7.91. The lowest BCUT2D eigenvalue weighted by molar-refractivity contribution is 0.0701. The molecule has 1 aliphatic heterocycles. The minimum absolute atomic E-state index is 0.0423. The molecule has 1 unspecified atom stereocenters. The summed E-state index contributed by atoms with van der Waals surface area (Å²) in [6, 6.07) is 1.51. The van der Waals surface area contributed by atoms with Crippen molar-refractivity contribution in [3.05, 3.63) is 16.5 Å². The zero-order valence-corrected chi connectivity index (χ0v) is 12.6. The van der Waals surface area contributed by atoms with Gasteiger partial charge in [-0.1, -0.05) is 6.92 Å². The fourth-order valence-corrected chi connectivity index (χ4v) is 5.72. The lowest BCUT2D eigenvalue weighted by Crippen LogP contribution is -2.34. The van der Waals surface area contributed by atoms with Gasteiger partial charge in [0.25, 0.3) is 10.0 Å². The number of aryl methyl sites for hydroxylation is 1. The molecule has 19 heavy (non-hydrogen) atoms. The number of rotatable bonds is 4. The SMILES string of the molecule is CCC1CCCN1S(=O)(=O)c1cc(C)c(C(=O)O)s1. The predicted octanol–water partition coefficient (Wildman–Crippen LogP) is 2.32. The van der Waals surface area contributed by atoms with Gasteiger partial charge >= 0.3 is 5.97 Å². The molecular formula is C12H17NO4S2. The molecule has 1 aromatic rings. The molecule has 2 heterocycles. The van der Waals surface area contributed by atoms with E-state index in [-0.39, 0.29) is 15.1 Å². The van der Waals surface area contributed by atoms with Gasteiger partial charge in [0.1, 0.15) is 9.09 Å².